The molecule has 0 unspecified atom stereocenters. The molecule has 1 aliphatic heterocycles. The van der Waals surface area contributed by atoms with Gasteiger partial charge in [0.25, 0.3) is 0 Å². The second-order valence-electron chi connectivity index (χ2n) is 4.17. The number of halogens is 1. The fraction of sp³-hybridized carbons (Fsp3) is 0.308. The van der Waals surface area contributed by atoms with Crippen LogP contribution in [0.3, 0.4) is 0 Å². The summed E-state index contributed by atoms with van der Waals surface area (Å²) >= 11 is 3.63. The van der Waals surface area contributed by atoms with Crippen molar-refractivity contribution in [3.05, 3.63) is 34.9 Å². The molecule has 1 aromatic carbocycles. The zero-order chi connectivity index (χ0) is 11.0. The Morgan fingerprint density at radius 3 is 2.75 bits per heavy atom. The number of aromatic nitrogens is 1. The van der Waals surface area contributed by atoms with Crippen LogP contribution < -0.4 is 4.90 Å². The van der Waals surface area contributed by atoms with E-state index in [9.17, 15) is 0 Å². The normalized spacial score (nSPS) is 15.9. The average molecular weight is 277 g/mol. The van der Waals surface area contributed by atoms with Gasteiger partial charge in [0.1, 0.15) is 5.82 Å². The molecule has 0 amide bonds. The molecule has 1 saturated heterocycles. The molecule has 2 nitrogen and oxygen atoms in total. The molecule has 1 fully saturated rings. The van der Waals surface area contributed by atoms with Crippen molar-refractivity contribution in [2.24, 2.45) is 0 Å². The fourth-order valence-corrected chi connectivity index (χ4v) is 2.90. The Balaban J connectivity index is 2.23. The van der Waals surface area contributed by atoms with Crippen molar-refractivity contribution in [2.75, 3.05) is 18.0 Å². The summed E-state index contributed by atoms with van der Waals surface area (Å²) in [6.45, 7) is 2.26. The standard InChI is InChI=1S/C13H13BrN2/c14-11-5-3-4-10-6-7-15-13(12(10)11)16-8-1-2-9-16/h3-7H,1-2,8-9H2. The molecule has 0 atom stereocenters. The van der Waals surface area contributed by atoms with E-state index in [1.165, 1.54) is 23.6 Å². The van der Waals surface area contributed by atoms with Gasteiger partial charge in [0.15, 0.2) is 0 Å². The predicted molar refractivity (Wildman–Crippen MR) is 70.9 cm³/mol. The Kier molecular flexibility index (Phi) is 2.56. The molecular weight excluding hydrogens is 264 g/mol. The summed E-state index contributed by atoms with van der Waals surface area (Å²) in [4.78, 5) is 6.93. The van der Waals surface area contributed by atoms with Gasteiger partial charge < -0.3 is 4.90 Å². The molecule has 3 rings (SSSR count). The highest BCUT2D eigenvalue weighted by Gasteiger charge is 2.16. The Bertz CT molecular complexity index is 513. The molecule has 1 aliphatic rings. The Morgan fingerprint density at radius 2 is 1.94 bits per heavy atom. The first kappa shape index (κ1) is 10.1. The van der Waals surface area contributed by atoms with E-state index in [2.05, 4.69) is 50.1 Å². The van der Waals surface area contributed by atoms with Crippen LogP contribution >= 0.6 is 15.9 Å². The van der Waals surface area contributed by atoms with Gasteiger partial charge in [-0.25, -0.2) is 4.98 Å². The van der Waals surface area contributed by atoms with E-state index >= 15 is 0 Å². The molecule has 16 heavy (non-hydrogen) atoms. The van der Waals surface area contributed by atoms with Crippen molar-refractivity contribution in [3.8, 4) is 0 Å². The number of rotatable bonds is 1. The number of nitrogens with zero attached hydrogens (tertiary/aromatic N) is 2. The topological polar surface area (TPSA) is 16.1 Å². The van der Waals surface area contributed by atoms with Gasteiger partial charge in [-0.2, -0.15) is 0 Å². The van der Waals surface area contributed by atoms with Crippen LogP contribution in [-0.4, -0.2) is 18.1 Å². The first-order valence-electron chi connectivity index (χ1n) is 5.64. The minimum Gasteiger partial charge on any atom is -0.356 e. The van der Waals surface area contributed by atoms with Gasteiger partial charge in [-0.05, 0) is 30.4 Å². The highest BCUT2D eigenvalue weighted by molar-refractivity contribution is 9.10. The quantitative estimate of drug-likeness (QED) is 0.791. The maximum absolute atomic E-state index is 4.55. The lowest BCUT2D eigenvalue weighted by molar-refractivity contribution is 0.945. The van der Waals surface area contributed by atoms with Crippen LogP contribution in [0.25, 0.3) is 10.8 Å². The molecule has 0 bridgehead atoms. The van der Waals surface area contributed by atoms with E-state index in [1.807, 2.05) is 6.20 Å². The highest BCUT2D eigenvalue weighted by Crippen LogP contribution is 2.32. The molecule has 0 saturated carbocycles. The Morgan fingerprint density at radius 1 is 1.12 bits per heavy atom. The minimum atomic E-state index is 1.13. The predicted octanol–water partition coefficient (Wildman–Crippen LogP) is 3.60. The minimum absolute atomic E-state index is 1.13. The van der Waals surface area contributed by atoms with Crippen LogP contribution in [-0.2, 0) is 0 Å². The molecule has 0 radical (unpaired) electrons. The Hall–Kier alpha value is -1.09. The fourth-order valence-electron chi connectivity index (χ4n) is 2.34. The molecule has 1 aromatic heterocycles. The van der Waals surface area contributed by atoms with Crippen molar-refractivity contribution >= 4 is 32.5 Å². The number of benzene rings is 1. The van der Waals surface area contributed by atoms with E-state index in [0.717, 1.165) is 23.4 Å². The average Bonchev–Trinajstić information content (AvgIpc) is 2.82. The molecule has 0 aliphatic carbocycles. The second-order valence-corrected chi connectivity index (χ2v) is 5.02. The smallest absolute Gasteiger partial charge is 0.137 e. The lowest BCUT2D eigenvalue weighted by atomic mass is 10.1. The summed E-state index contributed by atoms with van der Waals surface area (Å²) in [5.41, 5.74) is 0. The molecular formula is C13H13BrN2. The zero-order valence-electron chi connectivity index (χ0n) is 8.99. The van der Waals surface area contributed by atoms with Crippen LogP contribution in [0.2, 0.25) is 0 Å². The molecule has 3 heteroatoms. The van der Waals surface area contributed by atoms with Gasteiger partial charge in [0, 0.05) is 29.1 Å². The Labute approximate surface area is 103 Å². The highest BCUT2D eigenvalue weighted by atomic mass is 79.9. The third kappa shape index (κ3) is 1.59. The first-order chi connectivity index (χ1) is 7.86. The zero-order valence-corrected chi connectivity index (χ0v) is 10.6. The van der Waals surface area contributed by atoms with E-state index in [4.69, 9.17) is 0 Å². The summed E-state index contributed by atoms with van der Waals surface area (Å²) < 4.78 is 1.14. The SMILES string of the molecule is Brc1cccc2ccnc(N3CCCC3)c12. The van der Waals surface area contributed by atoms with Crippen molar-refractivity contribution in [3.63, 3.8) is 0 Å². The third-order valence-electron chi connectivity index (χ3n) is 3.13. The van der Waals surface area contributed by atoms with E-state index in [0.29, 0.717) is 0 Å². The summed E-state index contributed by atoms with van der Waals surface area (Å²) in [6.07, 6.45) is 4.47. The van der Waals surface area contributed by atoms with Crippen molar-refractivity contribution < 1.29 is 0 Å². The first-order valence-corrected chi connectivity index (χ1v) is 6.44. The van der Waals surface area contributed by atoms with E-state index < -0.39 is 0 Å². The number of fused-ring (bicyclic) bond motifs is 1. The van der Waals surface area contributed by atoms with Gasteiger partial charge in [-0.3, -0.25) is 0 Å². The number of anilines is 1. The van der Waals surface area contributed by atoms with Gasteiger partial charge in [0.05, 0.1) is 0 Å². The van der Waals surface area contributed by atoms with Gasteiger partial charge in [-0.15, -0.1) is 0 Å². The van der Waals surface area contributed by atoms with Crippen LogP contribution in [0.1, 0.15) is 12.8 Å². The van der Waals surface area contributed by atoms with E-state index in [1.54, 1.807) is 0 Å². The number of pyridine rings is 1. The number of hydrogen-bond acceptors (Lipinski definition) is 2. The van der Waals surface area contributed by atoms with Crippen molar-refractivity contribution in [1.82, 2.24) is 4.98 Å². The largest absolute Gasteiger partial charge is 0.356 e. The third-order valence-corrected chi connectivity index (χ3v) is 3.79. The monoisotopic (exact) mass is 276 g/mol. The van der Waals surface area contributed by atoms with Crippen LogP contribution in [0, 0.1) is 0 Å². The second kappa shape index (κ2) is 4.06. The van der Waals surface area contributed by atoms with Crippen LogP contribution in [0.15, 0.2) is 34.9 Å². The summed E-state index contributed by atoms with van der Waals surface area (Å²) in [7, 11) is 0. The summed E-state index contributed by atoms with van der Waals surface area (Å²) in [5, 5.41) is 2.50. The van der Waals surface area contributed by atoms with E-state index in [-0.39, 0.29) is 0 Å². The molecule has 82 valence electrons. The molecule has 0 N–H and O–H groups in total. The molecule has 2 heterocycles. The lowest BCUT2D eigenvalue weighted by Gasteiger charge is -2.18. The maximum atomic E-state index is 4.55. The molecule has 0 spiro atoms. The van der Waals surface area contributed by atoms with Crippen LogP contribution in [0.5, 0.6) is 0 Å². The van der Waals surface area contributed by atoms with Crippen molar-refractivity contribution in [2.45, 2.75) is 12.8 Å². The van der Waals surface area contributed by atoms with Crippen molar-refractivity contribution in [1.29, 1.82) is 0 Å². The summed E-state index contributed by atoms with van der Waals surface area (Å²) in [6, 6.07) is 8.37. The van der Waals surface area contributed by atoms with Gasteiger partial charge in [-0.1, -0.05) is 28.1 Å². The van der Waals surface area contributed by atoms with Gasteiger partial charge in [0.2, 0.25) is 0 Å². The molecule has 2 aromatic rings. The lowest BCUT2D eigenvalue weighted by Crippen LogP contribution is -2.19. The number of hydrogen-bond donors (Lipinski definition) is 0. The summed E-state index contributed by atoms with van der Waals surface area (Å²) in [5.74, 6) is 1.13. The van der Waals surface area contributed by atoms with Gasteiger partial charge >= 0.3 is 0 Å². The maximum Gasteiger partial charge on any atom is 0.137 e. The van der Waals surface area contributed by atoms with Crippen LogP contribution in [0.4, 0.5) is 5.82 Å².